The lowest BCUT2D eigenvalue weighted by atomic mass is 10.2. The summed E-state index contributed by atoms with van der Waals surface area (Å²) in [5.41, 5.74) is 6.69. The summed E-state index contributed by atoms with van der Waals surface area (Å²) >= 11 is 3.43. The first-order chi connectivity index (χ1) is 8.66. The fraction of sp³-hybridized carbons (Fsp3) is 0.0833. The lowest BCUT2D eigenvalue weighted by molar-refractivity contribution is 0.280. The molecule has 1 aromatic heterocycles. The quantitative estimate of drug-likeness (QED) is 0.669. The van der Waals surface area contributed by atoms with Crippen molar-refractivity contribution in [2.75, 3.05) is 0 Å². The molecule has 0 aliphatic heterocycles. The number of amidine groups is 1. The highest BCUT2D eigenvalue weighted by Crippen LogP contribution is 2.17. The van der Waals surface area contributed by atoms with Crippen LogP contribution in [0.15, 0.2) is 41.0 Å². The molecule has 5 nitrogen and oxygen atoms in total. The molecule has 2 aromatic rings. The molecular weight excluding hydrogens is 296 g/mol. The van der Waals surface area contributed by atoms with Gasteiger partial charge in [0.15, 0.2) is 0 Å². The molecule has 0 aliphatic carbocycles. The fourth-order valence-electron chi connectivity index (χ4n) is 1.32. The zero-order valence-corrected chi connectivity index (χ0v) is 11.0. The number of nitrogens with two attached hydrogens (primary N) is 1. The first-order valence-corrected chi connectivity index (χ1v) is 6.00. The number of nitrogen functional groups attached to an aromatic ring is 1. The third-order valence-electron chi connectivity index (χ3n) is 2.22. The minimum absolute atomic E-state index is 0.108. The number of nitrogens with zero attached hydrogens (tertiary/aromatic N) is 2. The highest BCUT2D eigenvalue weighted by atomic mass is 79.9. The summed E-state index contributed by atoms with van der Waals surface area (Å²) < 4.78 is 6.42. The van der Waals surface area contributed by atoms with E-state index in [9.17, 15) is 0 Å². The van der Waals surface area contributed by atoms with Crippen LogP contribution in [-0.4, -0.2) is 15.8 Å². The predicted molar refractivity (Wildman–Crippen MR) is 71.5 cm³/mol. The third-order valence-corrected chi connectivity index (χ3v) is 3.00. The molecular formula is C12H11BrN4O. The average molecular weight is 307 g/mol. The maximum Gasteiger partial charge on any atom is 0.317 e. The van der Waals surface area contributed by atoms with Gasteiger partial charge in [-0.15, -0.1) is 0 Å². The maximum atomic E-state index is 7.29. The Morgan fingerprint density at radius 3 is 2.83 bits per heavy atom. The van der Waals surface area contributed by atoms with E-state index in [1.54, 1.807) is 6.07 Å². The van der Waals surface area contributed by atoms with E-state index in [0.717, 1.165) is 10.0 Å². The number of hydrogen-bond acceptors (Lipinski definition) is 4. The molecule has 1 aromatic carbocycles. The maximum absolute atomic E-state index is 7.29. The highest BCUT2D eigenvalue weighted by molar-refractivity contribution is 9.10. The molecule has 0 saturated carbocycles. The van der Waals surface area contributed by atoms with E-state index >= 15 is 0 Å². The SMILES string of the molecule is N=C(N)c1ccnc(OCc2ccccc2Br)n1. The van der Waals surface area contributed by atoms with Crippen molar-refractivity contribution in [3.8, 4) is 6.01 Å². The summed E-state index contributed by atoms with van der Waals surface area (Å²) in [6.07, 6.45) is 1.51. The lowest BCUT2D eigenvalue weighted by Gasteiger charge is -2.06. The minimum Gasteiger partial charge on any atom is -0.459 e. The van der Waals surface area contributed by atoms with Crippen molar-refractivity contribution < 1.29 is 4.74 Å². The average Bonchev–Trinajstić information content (AvgIpc) is 2.38. The van der Waals surface area contributed by atoms with Gasteiger partial charge in [0.25, 0.3) is 0 Å². The molecule has 0 radical (unpaired) electrons. The second kappa shape index (κ2) is 5.59. The van der Waals surface area contributed by atoms with Gasteiger partial charge in [0.2, 0.25) is 0 Å². The molecule has 92 valence electrons. The van der Waals surface area contributed by atoms with E-state index in [2.05, 4.69) is 25.9 Å². The molecule has 0 fully saturated rings. The Morgan fingerprint density at radius 2 is 2.11 bits per heavy atom. The Labute approximate surface area is 113 Å². The van der Waals surface area contributed by atoms with Crippen molar-refractivity contribution >= 4 is 21.8 Å². The van der Waals surface area contributed by atoms with Gasteiger partial charge in [-0.25, -0.2) is 4.98 Å². The van der Waals surface area contributed by atoms with Crippen LogP contribution < -0.4 is 10.5 Å². The van der Waals surface area contributed by atoms with Gasteiger partial charge >= 0.3 is 6.01 Å². The summed E-state index contributed by atoms with van der Waals surface area (Å²) in [6, 6.07) is 9.51. The van der Waals surface area contributed by atoms with Gasteiger partial charge in [0.1, 0.15) is 18.1 Å². The molecule has 0 spiro atoms. The number of benzene rings is 1. The lowest BCUT2D eigenvalue weighted by Crippen LogP contribution is -2.14. The first-order valence-electron chi connectivity index (χ1n) is 5.20. The monoisotopic (exact) mass is 306 g/mol. The van der Waals surface area contributed by atoms with Crippen molar-refractivity contribution in [3.05, 3.63) is 52.3 Å². The number of aromatic nitrogens is 2. The standard InChI is InChI=1S/C12H11BrN4O/c13-9-4-2-1-3-8(9)7-18-12-16-6-5-10(17-12)11(14)15/h1-6H,7H2,(H3,14,15). The smallest absolute Gasteiger partial charge is 0.317 e. The van der Waals surface area contributed by atoms with Gasteiger partial charge in [-0.05, 0) is 12.1 Å². The molecule has 0 atom stereocenters. The van der Waals surface area contributed by atoms with Crippen molar-refractivity contribution in [2.45, 2.75) is 6.61 Å². The van der Waals surface area contributed by atoms with E-state index < -0.39 is 0 Å². The summed E-state index contributed by atoms with van der Waals surface area (Å²) in [5, 5.41) is 7.29. The number of ether oxygens (including phenoxy) is 1. The van der Waals surface area contributed by atoms with Crippen LogP contribution >= 0.6 is 15.9 Å². The Balaban J connectivity index is 2.09. The van der Waals surface area contributed by atoms with Gasteiger partial charge in [-0.3, -0.25) is 5.41 Å². The molecule has 18 heavy (non-hydrogen) atoms. The minimum atomic E-state index is -0.108. The second-order valence-corrected chi connectivity index (χ2v) is 4.37. The second-order valence-electron chi connectivity index (χ2n) is 3.52. The Bertz CT molecular complexity index is 574. The zero-order chi connectivity index (χ0) is 13.0. The van der Waals surface area contributed by atoms with Crippen LogP contribution in [0.4, 0.5) is 0 Å². The summed E-state index contributed by atoms with van der Waals surface area (Å²) in [4.78, 5) is 7.98. The molecule has 3 N–H and O–H groups in total. The van der Waals surface area contributed by atoms with E-state index in [1.165, 1.54) is 6.20 Å². The van der Waals surface area contributed by atoms with Crippen LogP contribution in [-0.2, 0) is 6.61 Å². The molecule has 0 aliphatic rings. The predicted octanol–water partition coefficient (Wildman–Crippen LogP) is 2.10. The number of nitrogens with one attached hydrogen (secondary N) is 1. The highest BCUT2D eigenvalue weighted by Gasteiger charge is 2.04. The zero-order valence-electron chi connectivity index (χ0n) is 9.43. The van der Waals surface area contributed by atoms with Crippen LogP contribution in [0.1, 0.15) is 11.3 Å². The van der Waals surface area contributed by atoms with E-state index in [1.807, 2.05) is 24.3 Å². The summed E-state index contributed by atoms with van der Waals surface area (Å²) in [6.45, 7) is 0.350. The Hall–Kier alpha value is -1.95. The molecule has 0 bridgehead atoms. The normalized spacial score (nSPS) is 10.1. The van der Waals surface area contributed by atoms with Crippen molar-refractivity contribution in [3.63, 3.8) is 0 Å². The van der Waals surface area contributed by atoms with Crippen molar-refractivity contribution in [1.82, 2.24) is 9.97 Å². The van der Waals surface area contributed by atoms with Crippen LogP contribution in [0, 0.1) is 5.41 Å². The Kier molecular flexibility index (Phi) is 3.88. The number of halogens is 1. The summed E-state index contributed by atoms with van der Waals surface area (Å²) in [7, 11) is 0. The summed E-state index contributed by atoms with van der Waals surface area (Å²) in [5.74, 6) is -0.108. The van der Waals surface area contributed by atoms with Crippen LogP contribution in [0.25, 0.3) is 0 Å². The van der Waals surface area contributed by atoms with Crippen molar-refractivity contribution in [1.29, 1.82) is 5.41 Å². The molecule has 6 heteroatoms. The topological polar surface area (TPSA) is 84.9 Å². The number of rotatable bonds is 4. The molecule has 1 heterocycles. The van der Waals surface area contributed by atoms with Crippen LogP contribution in [0.5, 0.6) is 6.01 Å². The molecule has 0 unspecified atom stereocenters. The van der Waals surface area contributed by atoms with Gasteiger partial charge in [-0.1, -0.05) is 34.1 Å². The van der Waals surface area contributed by atoms with Crippen LogP contribution in [0.3, 0.4) is 0 Å². The Morgan fingerprint density at radius 1 is 1.33 bits per heavy atom. The van der Waals surface area contributed by atoms with E-state index in [0.29, 0.717) is 12.3 Å². The van der Waals surface area contributed by atoms with Crippen LogP contribution in [0.2, 0.25) is 0 Å². The van der Waals surface area contributed by atoms with Gasteiger partial charge in [-0.2, -0.15) is 4.98 Å². The van der Waals surface area contributed by atoms with Gasteiger partial charge in [0.05, 0.1) is 0 Å². The van der Waals surface area contributed by atoms with Gasteiger partial charge < -0.3 is 10.5 Å². The third kappa shape index (κ3) is 3.04. The molecule has 0 saturated heterocycles. The largest absolute Gasteiger partial charge is 0.459 e. The number of hydrogen-bond donors (Lipinski definition) is 2. The van der Waals surface area contributed by atoms with Crippen molar-refractivity contribution in [2.24, 2.45) is 5.73 Å². The molecule has 0 amide bonds. The first kappa shape index (κ1) is 12.5. The van der Waals surface area contributed by atoms with Gasteiger partial charge in [0, 0.05) is 16.2 Å². The van der Waals surface area contributed by atoms with E-state index in [4.69, 9.17) is 15.9 Å². The fourth-order valence-corrected chi connectivity index (χ4v) is 1.72. The van der Waals surface area contributed by atoms with E-state index in [-0.39, 0.29) is 11.8 Å². The molecule has 2 rings (SSSR count).